The number of aromatic amines is 1. The van der Waals surface area contributed by atoms with Gasteiger partial charge in [-0.2, -0.15) is 5.10 Å². The van der Waals surface area contributed by atoms with Gasteiger partial charge in [0, 0.05) is 49.6 Å². The number of nitrogens with one attached hydrogen (secondary N) is 2. The van der Waals surface area contributed by atoms with Gasteiger partial charge in [0.05, 0.1) is 19.0 Å². The molecule has 2 aliphatic rings. The van der Waals surface area contributed by atoms with Gasteiger partial charge in [-0.1, -0.05) is 6.07 Å². The number of H-pyrrole nitrogens is 1. The monoisotopic (exact) mass is 457 g/mol. The fourth-order valence-electron chi connectivity index (χ4n) is 4.29. The summed E-state index contributed by atoms with van der Waals surface area (Å²) in [5.41, 5.74) is 2.95. The predicted octanol–water partition coefficient (Wildman–Crippen LogP) is 2.65. The van der Waals surface area contributed by atoms with Crippen molar-refractivity contribution in [3.05, 3.63) is 36.8 Å². The minimum atomic E-state index is 0. The summed E-state index contributed by atoms with van der Waals surface area (Å²) in [5, 5.41) is 29.5. The smallest absolute Gasteiger partial charge is 0.245 e. The molecule has 170 valence electrons. The van der Waals surface area contributed by atoms with Crippen LogP contribution in [-0.2, 0) is 4.74 Å². The van der Waals surface area contributed by atoms with Crippen LogP contribution in [0, 0.1) is 5.92 Å². The van der Waals surface area contributed by atoms with Crippen LogP contribution in [0.2, 0.25) is 0 Å². The van der Waals surface area contributed by atoms with Crippen LogP contribution in [0.3, 0.4) is 0 Å². The van der Waals surface area contributed by atoms with Gasteiger partial charge >= 0.3 is 0 Å². The number of halogens is 1. The topological polar surface area (TPSA) is 112 Å². The van der Waals surface area contributed by atoms with E-state index in [0.717, 1.165) is 56.8 Å². The van der Waals surface area contributed by atoms with E-state index < -0.39 is 0 Å². The zero-order valence-electron chi connectivity index (χ0n) is 17.8. The van der Waals surface area contributed by atoms with Gasteiger partial charge in [-0.15, -0.1) is 22.6 Å². The van der Waals surface area contributed by atoms with E-state index in [4.69, 9.17) is 4.74 Å². The SMILES string of the molecule is Cl.Oc1cc(-c2cn[nH]c2)ccc1-c1cnc(N2CCC(CNC3CCCOC3)C2)nn1. The van der Waals surface area contributed by atoms with Crippen LogP contribution in [0.5, 0.6) is 5.75 Å². The van der Waals surface area contributed by atoms with E-state index in [1.807, 2.05) is 12.1 Å². The maximum atomic E-state index is 10.5. The Morgan fingerprint density at radius 2 is 2.12 bits per heavy atom. The average molecular weight is 458 g/mol. The summed E-state index contributed by atoms with van der Waals surface area (Å²) in [5.74, 6) is 1.35. The first-order valence-electron chi connectivity index (χ1n) is 10.8. The lowest BCUT2D eigenvalue weighted by Gasteiger charge is -2.24. The van der Waals surface area contributed by atoms with Crippen molar-refractivity contribution >= 4 is 18.4 Å². The second kappa shape index (κ2) is 10.2. The van der Waals surface area contributed by atoms with E-state index in [1.165, 1.54) is 6.42 Å². The Balaban J connectivity index is 0.00000245. The number of aromatic hydroxyl groups is 1. The maximum Gasteiger partial charge on any atom is 0.245 e. The fourth-order valence-corrected chi connectivity index (χ4v) is 4.29. The van der Waals surface area contributed by atoms with Gasteiger partial charge < -0.3 is 20.1 Å². The molecule has 1 aromatic carbocycles. The normalized spacial score (nSPS) is 20.8. The number of rotatable bonds is 6. The average Bonchev–Trinajstić information content (AvgIpc) is 3.51. The molecule has 3 N–H and O–H groups in total. The highest BCUT2D eigenvalue weighted by Gasteiger charge is 2.26. The quantitative estimate of drug-likeness (QED) is 0.518. The summed E-state index contributed by atoms with van der Waals surface area (Å²) in [6.45, 7) is 4.56. The number of phenolic OH excluding ortho intramolecular Hbond substituents is 1. The van der Waals surface area contributed by atoms with Gasteiger partial charge in [0.15, 0.2) is 0 Å². The second-order valence-corrected chi connectivity index (χ2v) is 8.29. The third-order valence-electron chi connectivity index (χ3n) is 6.08. The number of hydrogen-bond acceptors (Lipinski definition) is 8. The summed E-state index contributed by atoms with van der Waals surface area (Å²) in [4.78, 5) is 6.70. The number of nitrogens with zero attached hydrogens (tertiary/aromatic N) is 5. The van der Waals surface area contributed by atoms with E-state index in [9.17, 15) is 5.11 Å². The third-order valence-corrected chi connectivity index (χ3v) is 6.08. The molecular weight excluding hydrogens is 430 g/mol. The van der Waals surface area contributed by atoms with Gasteiger partial charge in [-0.05, 0) is 42.9 Å². The molecule has 0 saturated carbocycles. The number of anilines is 1. The molecule has 2 aliphatic heterocycles. The minimum absolute atomic E-state index is 0. The first kappa shape index (κ1) is 22.4. The highest BCUT2D eigenvalue weighted by atomic mass is 35.5. The Hall–Kier alpha value is -2.75. The Morgan fingerprint density at radius 1 is 1.19 bits per heavy atom. The molecule has 10 heteroatoms. The van der Waals surface area contributed by atoms with Gasteiger partial charge in [0.1, 0.15) is 11.4 Å². The number of benzene rings is 1. The van der Waals surface area contributed by atoms with Crippen molar-refractivity contribution in [3.63, 3.8) is 0 Å². The Bertz CT molecular complexity index is 994. The molecule has 2 saturated heterocycles. The predicted molar refractivity (Wildman–Crippen MR) is 124 cm³/mol. The number of hydrogen-bond donors (Lipinski definition) is 3. The van der Waals surface area contributed by atoms with Crippen LogP contribution in [0.15, 0.2) is 36.8 Å². The molecule has 3 aromatic rings. The molecule has 2 atom stereocenters. The first-order chi connectivity index (χ1) is 15.3. The molecule has 0 spiro atoms. The van der Waals surface area contributed by atoms with Crippen LogP contribution >= 0.6 is 12.4 Å². The van der Waals surface area contributed by atoms with Gasteiger partial charge in [0.2, 0.25) is 5.95 Å². The van der Waals surface area contributed by atoms with Crippen molar-refractivity contribution in [2.75, 3.05) is 37.7 Å². The molecule has 2 fully saturated rings. The molecule has 2 aromatic heterocycles. The standard InChI is InChI=1S/C22H27N7O2.ClH/c30-21-8-16(17-10-25-26-11-17)3-4-19(21)20-12-24-22(28-27-20)29-6-5-15(13-29)9-23-18-2-1-7-31-14-18;/h3-4,8,10-12,15,18,23,30H,1-2,5-7,9,13-14H2,(H,25,26);1H. The van der Waals surface area contributed by atoms with Crippen molar-refractivity contribution in [3.8, 4) is 28.1 Å². The molecule has 9 nitrogen and oxygen atoms in total. The van der Waals surface area contributed by atoms with Crippen LogP contribution < -0.4 is 10.2 Å². The number of aromatic nitrogens is 5. The lowest BCUT2D eigenvalue weighted by Crippen LogP contribution is -2.40. The van der Waals surface area contributed by atoms with Crippen molar-refractivity contribution < 1.29 is 9.84 Å². The van der Waals surface area contributed by atoms with Gasteiger partial charge in [-0.25, -0.2) is 4.98 Å². The highest BCUT2D eigenvalue weighted by molar-refractivity contribution is 5.85. The summed E-state index contributed by atoms with van der Waals surface area (Å²) in [7, 11) is 0. The van der Waals surface area contributed by atoms with E-state index in [0.29, 0.717) is 29.2 Å². The molecule has 0 amide bonds. The minimum Gasteiger partial charge on any atom is -0.507 e. The van der Waals surface area contributed by atoms with E-state index in [-0.39, 0.29) is 18.2 Å². The van der Waals surface area contributed by atoms with E-state index >= 15 is 0 Å². The maximum absolute atomic E-state index is 10.5. The second-order valence-electron chi connectivity index (χ2n) is 8.29. The van der Waals surface area contributed by atoms with Gasteiger partial charge in [-0.3, -0.25) is 5.10 Å². The first-order valence-corrected chi connectivity index (χ1v) is 10.8. The molecule has 5 rings (SSSR count). The van der Waals surface area contributed by atoms with Crippen molar-refractivity contribution in [2.24, 2.45) is 5.92 Å². The van der Waals surface area contributed by atoms with Crippen molar-refractivity contribution in [1.29, 1.82) is 0 Å². The zero-order valence-corrected chi connectivity index (χ0v) is 18.6. The molecule has 2 unspecified atom stereocenters. The largest absolute Gasteiger partial charge is 0.507 e. The highest BCUT2D eigenvalue weighted by Crippen LogP contribution is 2.32. The number of phenols is 1. The van der Waals surface area contributed by atoms with E-state index in [2.05, 4.69) is 35.6 Å². The third kappa shape index (κ3) is 5.01. The summed E-state index contributed by atoms with van der Waals surface area (Å²) >= 11 is 0. The Labute approximate surface area is 193 Å². The van der Waals surface area contributed by atoms with Crippen molar-refractivity contribution in [2.45, 2.75) is 25.3 Å². The molecule has 32 heavy (non-hydrogen) atoms. The Morgan fingerprint density at radius 3 is 2.84 bits per heavy atom. The van der Waals surface area contributed by atoms with Crippen LogP contribution in [0.25, 0.3) is 22.4 Å². The van der Waals surface area contributed by atoms with Gasteiger partial charge in [0.25, 0.3) is 0 Å². The Kier molecular flexibility index (Phi) is 7.19. The molecule has 0 radical (unpaired) electrons. The molecule has 4 heterocycles. The lowest BCUT2D eigenvalue weighted by molar-refractivity contribution is 0.0694. The van der Waals surface area contributed by atoms with Crippen molar-refractivity contribution in [1.82, 2.24) is 30.7 Å². The fraction of sp³-hybridized carbons (Fsp3) is 0.455. The van der Waals surface area contributed by atoms with Crippen LogP contribution in [0.4, 0.5) is 5.95 Å². The zero-order chi connectivity index (χ0) is 21.0. The molecular formula is C22H28ClN7O2. The van der Waals surface area contributed by atoms with Crippen LogP contribution in [-0.4, -0.2) is 69.4 Å². The van der Waals surface area contributed by atoms with Crippen LogP contribution in [0.1, 0.15) is 19.3 Å². The summed E-state index contributed by atoms with van der Waals surface area (Å²) < 4.78 is 5.55. The summed E-state index contributed by atoms with van der Waals surface area (Å²) in [6.07, 6.45) is 8.63. The molecule has 0 bridgehead atoms. The lowest BCUT2D eigenvalue weighted by atomic mass is 10.0. The summed E-state index contributed by atoms with van der Waals surface area (Å²) in [6, 6.07) is 5.93. The molecule has 0 aliphatic carbocycles. The van der Waals surface area contributed by atoms with E-state index in [1.54, 1.807) is 24.7 Å². The number of ether oxygens (including phenoxy) is 1.